The minimum absolute atomic E-state index is 0.334. The summed E-state index contributed by atoms with van der Waals surface area (Å²) in [5, 5.41) is 7.25. The lowest BCUT2D eigenvalue weighted by molar-refractivity contribution is 0.329. The smallest absolute Gasteiger partial charge is 0.231 e. The highest BCUT2D eigenvalue weighted by atomic mass is 32.3. The molecule has 3 aromatic heterocycles. The minimum Gasteiger partial charge on any atom is -0.494 e. The lowest BCUT2D eigenvalue weighted by Crippen LogP contribution is -2.47. The average molecular weight is 555 g/mol. The van der Waals surface area contributed by atoms with Gasteiger partial charge < -0.3 is 30.2 Å². The van der Waals surface area contributed by atoms with E-state index in [1.54, 1.807) is 17.7 Å². The van der Waals surface area contributed by atoms with Crippen LogP contribution in [0, 0.1) is 0 Å². The van der Waals surface area contributed by atoms with Crippen LogP contribution in [0.25, 0.3) is 11.2 Å². The second-order valence-electron chi connectivity index (χ2n) is 9.84. The van der Waals surface area contributed by atoms with Crippen molar-refractivity contribution in [3.8, 4) is 5.75 Å². The molecule has 2 aliphatic rings. The maximum absolute atomic E-state index is 10.7. The Morgan fingerprint density at radius 3 is 2.59 bits per heavy atom. The van der Waals surface area contributed by atoms with Crippen LogP contribution in [0.5, 0.6) is 5.75 Å². The molecule has 0 unspecified atom stereocenters. The van der Waals surface area contributed by atoms with Crippen LogP contribution in [-0.4, -0.2) is 82.6 Å². The van der Waals surface area contributed by atoms with Crippen molar-refractivity contribution in [1.29, 1.82) is 0 Å². The monoisotopic (exact) mass is 554 g/mol. The Labute approximate surface area is 227 Å². The quantitative estimate of drug-likeness (QED) is 0.183. The molecule has 0 amide bonds. The number of aromatic nitrogens is 6. The molecule has 1 saturated heterocycles. The Hall–Kier alpha value is -3.59. The first-order chi connectivity index (χ1) is 19.0. The van der Waals surface area contributed by atoms with Crippen molar-refractivity contribution in [2.24, 2.45) is 0 Å². The molecule has 1 aromatic carbocycles. The number of hydrogen-bond acceptors (Lipinski definition) is 11. The van der Waals surface area contributed by atoms with Crippen molar-refractivity contribution in [2.75, 3.05) is 48.8 Å². The SMILES string of the molecule is COc1cc(N2CCN(S(O)(O)c3cnc[nH]3)CC2)ccc1Nc1nc(NC2CCCCC2)c2[nH]cnc2n1. The number of imidazole rings is 2. The van der Waals surface area contributed by atoms with Gasteiger partial charge in [-0.2, -0.15) is 14.3 Å². The minimum atomic E-state index is -3.08. The summed E-state index contributed by atoms with van der Waals surface area (Å²) in [6.07, 6.45) is 10.6. The van der Waals surface area contributed by atoms with Gasteiger partial charge in [0.05, 0.1) is 31.6 Å². The number of methoxy groups -OCH3 is 1. The zero-order chi connectivity index (χ0) is 26.8. The summed E-state index contributed by atoms with van der Waals surface area (Å²) in [4.78, 5) is 25.8. The Kier molecular flexibility index (Phi) is 7.16. The molecule has 13 nitrogen and oxygen atoms in total. The fourth-order valence-corrected chi connectivity index (χ4v) is 6.63. The van der Waals surface area contributed by atoms with Crippen molar-refractivity contribution >= 4 is 45.1 Å². The van der Waals surface area contributed by atoms with Gasteiger partial charge in [0.2, 0.25) is 5.95 Å². The van der Waals surface area contributed by atoms with E-state index in [2.05, 4.69) is 40.5 Å². The van der Waals surface area contributed by atoms with Gasteiger partial charge in [-0.3, -0.25) is 9.11 Å². The summed E-state index contributed by atoms with van der Waals surface area (Å²) < 4.78 is 28.8. The third-order valence-electron chi connectivity index (χ3n) is 7.40. The molecule has 39 heavy (non-hydrogen) atoms. The molecule has 1 aliphatic heterocycles. The van der Waals surface area contributed by atoms with E-state index in [-0.39, 0.29) is 0 Å². The highest BCUT2D eigenvalue weighted by Gasteiger charge is 2.30. The Balaban J connectivity index is 1.17. The predicted molar refractivity (Wildman–Crippen MR) is 152 cm³/mol. The third kappa shape index (κ3) is 5.32. The standard InChI is InChI=1S/C25H34N10O3S/c1-38-20-13-18(34-9-11-35(12-10-34)39(36,37)21-14-26-15-27-21)7-8-19(20)31-25-32-23-22(28-16-29-23)24(33-25)30-17-5-3-2-4-6-17/h7-8,13-17,36-37H,2-6,9-12H2,1H3,(H,26,27)(H3,28,29,30,31,32,33). The van der Waals surface area contributed by atoms with E-state index in [4.69, 9.17) is 9.72 Å². The van der Waals surface area contributed by atoms with Crippen LogP contribution < -0.4 is 20.3 Å². The maximum atomic E-state index is 10.7. The van der Waals surface area contributed by atoms with E-state index in [1.165, 1.54) is 31.8 Å². The van der Waals surface area contributed by atoms with E-state index in [1.807, 2.05) is 18.2 Å². The average Bonchev–Trinajstić information content (AvgIpc) is 3.67. The van der Waals surface area contributed by atoms with Gasteiger partial charge in [0.1, 0.15) is 11.3 Å². The van der Waals surface area contributed by atoms with Crippen LogP contribution in [0.2, 0.25) is 0 Å². The highest BCUT2D eigenvalue weighted by molar-refractivity contribution is 8.22. The molecule has 14 heteroatoms. The summed E-state index contributed by atoms with van der Waals surface area (Å²) in [6, 6.07) is 6.33. The molecule has 6 rings (SSSR count). The normalized spacial score (nSPS) is 17.9. The van der Waals surface area contributed by atoms with E-state index in [0.717, 1.165) is 35.6 Å². The Morgan fingerprint density at radius 2 is 1.85 bits per heavy atom. The summed E-state index contributed by atoms with van der Waals surface area (Å²) >= 11 is 0. The Bertz CT molecular complexity index is 1400. The number of rotatable bonds is 8. The molecule has 1 saturated carbocycles. The summed E-state index contributed by atoms with van der Waals surface area (Å²) in [6.45, 7) is 2.26. The van der Waals surface area contributed by atoms with E-state index in [9.17, 15) is 9.11 Å². The molecule has 4 heterocycles. The molecular formula is C25H34N10O3S. The van der Waals surface area contributed by atoms with Crippen molar-refractivity contribution < 1.29 is 13.8 Å². The fraction of sp³-hybridized carbons (Fsp3) is 0.440. The first-order valence-electron chi connectivity index (χ1n) is 13.2. The summed E-state index contributed by atoms with van der Waals surface area (Å²) in [5.41, 5.74) is 3.13. The molecule has 6 N–H and O–H groups in total. The van der Waals surface area contributed by atoms with E-state index >= 15 is 0 Å². The van der Waals surface area contributed by atoms with E-state index < -0.39 is 10.8 Å². The van der Waals surface area contributed by atoms with Crippen molar-refractivity contribution in [3.63, 3.8) is 0 Å². The van der Waals surface area contributed by atoms with Crippen LogP contribution in [0.1, 0.15) is 32.1 Å². The molecule has 4 aromatic rings. The lowest BCUT2D eigenvalue weighted by Gasteiger charge is -2.46. The first kappa shape index (κ1) is 25.7. The number of H-pyrrole nitrogens is 2. The van der Waals surface area contributed by atoms with Crippen molar-refractivity contribution in [1.82, 2.24) is 34.2 Å². The van der Waals surface area contributed by atoms with Crippen LogP contribution in [0.4, 0.5) is 23.1 Å². The van der Waals surface area contributed by atoms with Gasteiger partial charge in [-0.05, 0) is 25.0 Å². The van der Waals surface area contributed by atoms with Gasteiger partial charge in [0.25, 0.3) is 0 Å². The lowest BCUT2D eigenvalue weighted by atomic mass is 9.95. The number of aromatic amines is 2. The van der Waals surface area contributed by atoms with Crippen LogP contribution in [0.15, 0.2) is 42.1 Å². The zero-order valence-corrected chi connectivity index (χ0v) is 22.6. The summed E-state index contributed by atoms with van der Waals surface area (Å²) in [7, 11) is -1.44. The molecule has 2 fully saturated rings. The van der Waals surface area contributed by atoms with Gasteiger partial charge >= 0.3 is 0 Å². The summed E-state index contributed by atoms with van der Waals surface area (Å²) in [5.74, 6) is 1.85. The molecule has 0 bridgehead atoms. The Morgan fingerprint density at radius 1 is 1.03 bits per heavy atom. The van der Waals surface area contributed by atoms with Gasteiger partial charge in [-0.15, -0.1) is 0 Å². The van der Waals surface area contributed by atoms with Crippen LogP contribution >= 0.6 is 10.8 Å². The first-order valence-corrected chi connectivity index (χ1v) is 14.7. The van der Waals surface area contributed by atoms with E-state index in [0.29, 0.717) is 54.6 Å². The number of anilines is 4. The molecule has 0 radical (unpaired) electrons. The number of ether oxygens (including phenoxy) is 1. The topological polar surface area (TPSA) is 163 Å². The van der Waals surface area contributed by atoms with Crippen LogP contribution in [-0.2, 0) is 0 Å². The third-order valence-corrected chi connectivity index (χ3v) is 9.29. The van der Waals surface area contributed by atoms with Gasteiger partial charge in [0.15, 0.2) is 16.5 Å². The largest absolute Gasteiger partial charge is 0.494 e. The molecule has 208 valence electrons. The van der Waals surface area contributed by atoms with Crippen molar-refractivity contribution in [3.05, 3.63) is 37.1 Å². The number of piperazine rings is 1. The number of fused-ring (bicyclic) bond motifs is 1. The predicted octanol–water partition coefficient (Wildman–Crippen LogP) is 4.42. The number of hydrogen-bond donors (Lipinski definition) is 6. The molecular weight excluding hydrogens is 520 g/mol. The number of nitrogens with zero attached hydrogens (tertiary/aromatic N) is 6. The van der Waals surface area contributed by atoms with Gasteiger partial charge in [0, 0.05) is 44.0 Å². The molecule has 1 aliphatic carbocycles. The van der Waals surface area contributed by atoms with Crippen molar-refractivity contribution in [2.45, 2.75) is 43.2 Å². The molecule has 0 spiro atoms. The van der Waals surface area contributed by atoms with Gasteiger partial charge in [-0.25, -0.2) is 9.97 Å². The second kappa shape index (κ2) is 10.9. The fourth-order valence-electron chi connectivity index (χ4n) is 5.27. The second-order valence-corrected chi connectivity index (χ2v) is 11.8. The molecule has 0 atom stereocenters. The highest BCUT2D eigenvalue weighted by Crippen LogP contribution is 2.50. The van der Waals surface area contributed by atoms with Gasteiger partial charge in [-0.1, -0.05) is 30.0 Å². The maximum Gasteiger partial charge on any atom is 0.231 e. The number of benzene rings is 1. The number of nitrogens with one attached hydrogen (secondary N) is 4. The van der Waals surface area contributed by atoms with Crippen LogP contribution in [0.3, 0.4) is 0 Å². The zero-order valence-electron chi connectivity index (χ0n) is 21.8.